The Labute approximate surface area is 139 Å². The van der Waals surface area contributed by atoms with Gasteiger partial charge in [0.05, 0.1) is 17.8 Å². The molecule has 0 N–H and O–H groups in total. The smallest absolute Gasteiger partial charge is 0.160 e. The van der Waals surface area contributed by atoms with E-state index in [0.717, 1.165) is 37.7 Å². The Balaban J connectivity index is 1.44. The van der Waals surface area contributed by atoms with E-state index in [0.29, 0.717) is 10.9 Å². The zero-order valence-corrected chi connectivity index (χ0v) is 13.6. The highest BCUT2D eigenvalue weighted by molar-refractivity contribution is 6.30. The number of pyridine rings is 1. The van der Waals surface area contributed by atoms with Crippen LogP contribution in [-0.2, 0) is 6.54 Å². The molecule has 120 valence electrons. The van der Waals surface area contributed by atoms with Gasteiger partial charge in [-0.05, 0) is 31.5 Å². The van der Waals surface area contributed by atoms with Crippen molar-refractivity contribution in [1.29, 1.82) is 0 Å². The molecule has 4 heterocycles. The fourth-order valence-corrected chi connectivity index (χ4v) is 3.47. The molecule has 0 radical (unpaired) electrons. The molecule has 0 aromatic carbocycles. The van der Waals surface area contributed by atoms with Crippen molar-refractivity contribution >= 4 is 17.2 Å². The molecule has 6 nitrogen and oxygen atoms in total. The lowest BCUT2D eigenvalue weighted by molar-refractivity contribution is 0.194. The van der Waals surface area contributed by atoms with Crippen LogP contribution in [0.2, 0.25) is 5.02 Å². The monoisotopic (exact) mass is 330 g/mol. The van der Waals surface area contributed by atoms with Gasteiger partial charge in [-0.1, -0.05) is 17.7 Å². The van der Waals surface area contributed by atoms with Crippen molar-refractivity contribution < 1.29 is 0 Å². The van der Waals surface area contributed by atoms with Gasteiger partial charge < -0.3 is 4.90 Å². The van der Waals surface area contributed by atoms with Crippen molar-refractivity contribution in [2.45, 2.75) is 25.3 Å². The first kappa shape index (κ1) is 14.7. The van der Waals surface area contributed by atoms with Crippen LogP contribution in [-0.4, -0.2) is 48.9 Å². The molecule has 0 spiro atoms. The fourth-order valence-electron chi connectivity index (χ4n) is 3.31. The molecule has 4 rings (SSSR count). The van der Waals surface area contributed by atoms with E-state index >= 15 is 0 Å². The summed E-state index contributed by atoms with van der Waals surface area (Å²) in [6, 6.07) is 6.02. The second kappa shape index (κ2) is 6.29. The third-order valence-corrected chi connectivity index (χ3v) is 4.65. The van der Waals surface area contributed by atoms with Gasteiger partial charge in [-0.2, -0.15) is 5.10 Å². The molecule has 1 atom stereocenters. The molecule has 1 aliphatic heterocycles. The molecule has 0 saturated carbocycles. The van der Waals surface area contributed by atoms with Crippen LogP contribution < -0.4 is 0 Å². The average molecular weight is 331 g/mol. The zero-order valence-electron chi connectivity index (χ0n) is 12.8. The van der Waals surface area contributed by atoms with Crippen molar-refractivity contribution in [2.24, 2.45) is 0 Å². The van der Waals surface area contributed by atoms with Gasteiger partial charge in [0.25, 0.3) is 0 Å². The highest BCUT2D eigenvalue weighted by Gasteiger charge is 2.25. The summed E-state index contributed by atoms with van der Waals surface area (Å²) >= 11 is 5.91. The maximum Gasteiger partial charge on any atom is 0.160 e. The predicted molar refractivity (Wildman–Crippen MR) is 88.6 cm³/mol. The topological polar surface area (TPSA) is 51.2 Å². The largest absolute Gasteiger partial charge is 0.301 e. The minimum absolute atomic E-state index is 0.433. The Bertz CT molecular complexity index is 795. The first-order valence-corrected chi connectivity index (χ1v) is 8.37. The van der Waals surface area contributed by atoms with E-state index in [9.17, 15) is 0 Å². The van der Waals surface area contributed by atoms with E-state index in [1.807, 2.05) is 29.1 Å². The summed E-state index contributed by atoms with van der Waals surface area (Å²) < 4.78 is 4.01. The Morgan fingerprint density at radius 2 is 2.17 bits per heavy atom. The summed E-state index contributed by atoms with van der Waals surface area (Å²) in [6.45, 7) is 3.98. The van der Waals surface area contributed by atoms with Crippen molar-refractivity contribution in [2.75, 3.05) is 19.6 Å². The van der Waals surface area contributed by atoms with E-state index in [4.69, 9.17) is 11.6 Å². The molecule has 1 aliphatic rings. The lowest BCUT2D eigenvalue weighted by Gasteiger charge is -2.31. The van der Waals surface area contributed by atoms with Crippen molar-refractivity contribution in [3.8, 4) is 0 Å². The van der Waals surface area contributed by atoms with Gasteiger partial charge in [0, 0.05) is 31.4 Å². The molecular formula is C16H19ClN6. The van der Waals surface area contributed by atoms with Crippen LogP contribution >= 0.6 is 11.6 Å². The van der Waals surface area contributed by atoms with Crippen LogP contribution in [0.3, 0.4) is 0 Å². The van der Waals surface area contributed by atoms with E-state index in [1.54, 1.807) is 6.20 Å². The van der Waals surface area contributed by atoms with Crippen LogP contribution in [0.5, 0.6) is 0 Å². The molecular weight excluding hydrogens is 312 g/mol. The highest BCUT2D eigenvalue weighted by atomic mass is 35.5. The quantitative estimate of drug-likeness (QED) is 0.737. The standard InChI is InChI=1S/C16H19ClN6/c17-14-10-18-22(12-14)9-8-21-6-3-4-13(11-21)16-20-19-15-5-1-2-7-23(15)16/h1-2,5,7,10,12-13H,3-4,6,8-9,11H2. The van der Waals surface area contributed by atoms with Crippen molar-refractivity contribution in [1.82, 2.24) is 29.3 Å². The van der Waals surface area contributed by atoms with Crippen molar-refractivity contribution in [3.63, 3.8) is 0 Å². The summed E-state index contributed by atoms with van der Waals surface area (Å²) in [5, 5.41) is 13.6. The second-order valence-corrected chi connectivity index (χ2v) is 6.48. The van der Waals surface area contributed by atoms with E-state index in [1.165, 1.54) is 12.8 Å². The normalized spacial score (nSPS) is 19.4. The number of nitrogens with zero attached hydrogens (tertiary/aromatic N) is 6. The van der Waals surface area contributed by atoms with Gasteiger partial charge in [-0.25, -0.2) is 0 Å². The van der Waals surface area contributed by atoms with Crippen LogP contribution in [0.15, 0.2) is 36.8 Å². The maximum atomic E-state index is 5.91. The van der Waals surface area contributed by atoms with Gasteiger partial charge in [-0.15, -0.1) is 10.2 Å². The van der Waals surface area contributed by atoms with Crippen molar-refractivity contribution in [3.05, 3.63) is 47.6 Å². The van der Waals surface area contributed by atoms with Gasteiger partial charge in [0.15, 0.2) is 5.65 Å². The number of rotatable bonds is 4. The molecule has 3 aromatic rings. The summed E-state index contributed by atoms with van der Waals surface area (Å²) in [5.74, 6) is 1.51. The Morgan fingerprint density at radius 3 is 3.04 bits per heavy atom. The Morgan fingerprint density at radius 1 is 1.22 bits per heavy atom. The molecule has 1 saturated heterocycles. The first-order valence-electron chi connectivity index (χ1n) is 7.99. The molecule has 1 unspecified atom stereocenters. The molecule has 7 heteroatoms. The molecule has 3 aromatic heterocycles. The third-order valence-electron chi connectivity index (χ3n) is 4.46. The average Bonchev–Trinajstić information content (AvgIpc) is 3.19. The number of aromatic nitrogens is 5. The minimum atomic E-state index is 0.433. The first-order chi connectivity index (χ1) is 11.3. The Hall–Kier alpha value is -1.92. The van der Waals surface area contributed by atoms with Crippen LogP contribution in [0.1, 0.15) is 24.6 Å². The SMILES string of the molecule is Clc1cnn(CCN2CCCC(c3nnc4ccccn34)C2)c1. The zero-order chi connectivity index (χ0) is 15.6. The molecule has 0 amide bonds. The second-order valence-electron chi connectivity index (χ2n) is 6.05. The minimum Gasteiger partial charge on any atom is -0.301 e. The lowest BCUT2D eigenvalue weighted by atomic mass is 9.97. The number of halogens is 1. The molecule has 0 aliphatic carbocycles. The van der Waals surface area contributed by atoms with E-state index < -0.39 is 0 Å². The maximum absolute atomic E-state index is 5.91. The summed E-state index contributed by atoms with van der Waals surface area (Å²) in [6.07, 6.45) is 7.96. The number of fused-ring (bicyclic) bond motifs is 1. The number of likely N-dealkylation sites (tertiary alicyclic amines) is 1. The van der Waals surface area contributed by atoms with Gasteiger partial charge in [-0.3, -0.25) is 9.08 Å². The van der Waals surface area contributed by atoms with Crippen LogP contribution in [0, 0.1) is 0 Å². The van der Waals surface area contributed by atoms with Gasteiger partial charge in [0.1, 0.15) is 5.82 Å². The highest BCUT2D eigenvalue weighted by Crippen LogP contribution is 2.25. The summed E-state index contributed by atoms with van der Waals surface area (Å²) in [4.78, 5) is 2.48. The lowest BCUT2D eigenvalue weighted by Crippen LogP contribution is -2.37. The van der Waals surface area contributed by atoms with Gasteiger partial charge >= 0.3 is 0 Å². The Kier molecular flexibility index (Phi) is 4.01. The molecule has 1 fully saturated rings. The number of piperidine rings is 1. The summed E-state index contributed by atoms with van der Waals surface area (Å²) in [7, 11) is 0. The number of hydrogen-bond acceptors (Lipinski definition) is 4. The van der Waals surface area contributed by atoms with E-state index in [2.05, 4.69) is 30.8 Å². The number of hydrogen-bond donors (Lipinski definition) is 0. The van der Waals surface area contributed by atoms with Gasteiger partial charge in [0.2, 0.25) is 0 Å². The molecule has 23 heavy (non-hydrogen) atoms. The predicted octanol–water partition coefficient (Wildman–Crippen LogP) is 2.46. The van der Waals surface area contributed by atoms with Crippen LogP contribution in [0.25, 0.3) is 5.65 Å². The molecule has 0 bridgehead atoms. The van der Waals surface area contributed by atoms with E-state index in [-0.39, 0.29) is 0 Å². The summed E-state index contributed by atoms with van der Waals surface area (Å²) in [5.41, 5.74) is 0.922. The van der Waals surface area contributed by atoms with Crippen LogP contribution in [0.4, 0.5) is 0 Å². The fraction of sp³-hybridized carbons (Fsp3) is 0.438. The third kappa shape index (κ3) is 3.09.